The minimum absolute atomic E-state index is 0.0276. The van der Waals surface area contributed by atoms with E-state index >= 15 is 0 Å². The van der Waals surface area contributed by atoms with Crippen molar-refractivity contribution in [1.82, 2.24) is 15.0 Å². The van der Waals surface area contributed by atoms with Crippen LogP contribution >= 0.6 is 0 Å². The molecule has 1 N–H and O–H groups in total. The number of aryl methyl sites for hydroxylation is 3. The molecule has 1 aliphatic heterocycles. The number of hydrogen-bond acceptors (Lipinski definition) is 6. The zero-order valence-corrected chi connectivity index (χ0v) is 21.5. The number of aromatic nitrogens is 1. The number of nitrogens with one attached hydrogen (secondary N) is 1. The highest BCUT2D eigenvalue weighted by Crippen LogP contribution is 2.19. The largest absolute Gasteiger partial charge is 0.489 e. The highest BCUT2D eigenvalue weighted by molar-refractivity contribution is 5.93. The molecule has 1 saturated heterocycles. The van der Waals surface area contributed by atoms with Gasteiger partial charge in [-0.25, -0.2) is 0 Å². The predicted molar refractivity (Wildman–Crippen MR) is 138 cm³/mol. The van der Waals surface area contributed by atoms with Crippen molar-refractivity contribution in [3.05, 3.63) is 76.2 Å². The highest BCUT2D eigenvalue weighted by atomic mass is 16.5. The fourth-order valence-electron chi connectivity index (χ4n) is 4.29. The van der Waals surface area contributed by atoms with Crippen molar-refractivity contribution in [2.24, 2.45) is 0 Å². The Labute approximate surface area is 212 Å². The smallest absolute Gasteiger partial charge is 0.238 e. The van der Waals surface area contributed by atoms with E-state index in [0.717, 1.165) is 45.1 Å². The lowest BCUT2D eigenvalue weighted by atomic mass is 10.1. The molecular formula is C28H34N4O4. The summed E-state index contributed by atoms with van der Waals surface area (Å²) in [5.41, 5.74) is 5.82. The van der Waals surface area contributed by atoms with Gasteiger partial charge in [0.1, 0.15) is 18.1 Å². The fourth-order valence-corrected chi connectivity index (χ4v) is 4.29. The maximum atomic E-state index is 12.8. The molecule has 0 saturated carbocycles. The Balaban J connectivity index is 1.20. The van der Waals surface area contributed by atoms with Crippen LogP contribution in [-0.4, -0.2) is 59.5 Å². The average molecular weight is 491 g/mol. The van der Waals surface area contributed by atoms with Crippen LogP contribution in [0.15, 0.2) is 47.0 Å². The van der Waals surface area contributed by atoms with Gasteiger partial charge in [0.2, 0.25) is 11.8 Å². The van der Waals surface area contributed by atoms with Crippen molar-refractivity contribution in [2.45, 2.75) is 40.7 Å². The minimum atomic E-state index is -0.0276. The molecular weight excluding hydrogens is 456 g/mol. The summed E-state index contributed by atoms with van der Waals surface area (Å²) in [6.07, 6.45) is 0.345. The number of rotatable bonds is 8. The van der Waals surface area contributed by atoms with Crippen LogP contribution in [-0.2, 0) is 22.6 Å². The van der Waals surface area contributed by atoms with Gasteiger partial charge in [-0.2, -0.15) is 0 Å². The highest BCUT2D eigenvalue weighted by Gasteiger charge is 2.23. The molecule has 8 nitrogen and oxygen atoms in total. The van der Waals surface area contributed by atoms with Gasteiger partial charge in [0, 0.05) is 31.9 Å². The molecule has 1 aliphatic rings. The van der Waals surface area contributed by atoms with Crippen LogP contribution in [0.2, 0.25) is 0 Å². The third-order valence-corrected chi connectivity index (χ3v) is 6.81. The van der Waals surface area contributed by atoms with Gasteiger partial charge < -0.3 is 19.5 Å². The molecule has 3 aromatic rings. The molecule has 36 heavy (non-hydrogen) atoms. The van der Waals surface area contributed by atoms with E-state index in [-0.39, 0.29) is 11.8 Å². The molecule has 190 valence electrons. The molecule has 1 aromatic heterocycles. The first kappa shape index (κ1) is 25.4. The second kappa shape index (κ2) is 11.4. The number of carbonyl (C=O) groups is 2. The van der Waals surface area contributed by atoms with Crippen molar-refractivity contribution < 1.29 is 18.8 Å². The summed E-state index contributed by atoms with van der Waals surface area (Å²) in [4.78, 5) is 29.3. The van der Waals surface area contributed by atoms with Gasteiger partial charge >= 0.3 is 0 Å². The molecule has 0 spiro atoms. The molecule has 8 heteroatoms. The molecule has 0 atom stereocenters. The monoisotopic (exact) mass is 490 g/mol. The summed E-state index contributed by atoms with van der Waals surface area (Å²) in [5, 5.41) is 6.95. The second-order valence-corrected chi connectivity index (χ2v) is 9.36. The van der Waals surface area contributed by atoms with E-state index in [0.29, 0.717) is 45.8 Å². The van der Waals surface area contributed by atoms with Gasteiger partial charge in [-0.3, -0.25) is 14.5 Å². The van der Waals surface area contributed by atoms with Gasteiger partial charge in [-0.1, -0.05) is 29.4 Å². The molecule has 2 aromatic carbocycles. The Morgan fingerprint density at radius 3 is 2.39 bits per heavy atom. The number of ether oxygens (including phenoxy) is 1. The Hall–Kier alpha value is -3.65. The van der Waals surface area contributed by atoms with Crippen LogP contribution < -0.4 is 10.1 Å². The standard InChI is InChI=1S/C28H34N4O4/c1-19-6-5-7-26(20(19)2)29-27(33)17-31-12-14-32(15-13-31)28(34)16-23-8-10-24(11-9-23)35-18-25-21(3)30-36-22(25)4/h5-11H,12-18H2,1-4H3,(H,29,33). The third-order valence-electron chi connectivity index (χ3n) is 6.81. The molecule has 1 fully saturated rings. The van der Waals surface area contributed by atoms with Crippen LogP contribution in [0.25, 0.3) is 0 Å². The number of carbonyl (C=O) groups excluding carboxylic acids is 2. The fraction of sp³-hybridized carbons (Fsp3) is 0.393. The Morgan fingerprint density at radius 1 is 1.00 bits per heavy atom. The van der Waals surface area contributed by atoms with Gasteiger partial charge in [0.25, 0.3) is 0 Å². The van der Waals surface area contributed by atoms with Gasteiger partial charge in [0.05, 0.1) is 24.2 Å². The zero-order chi connectivity index (χ0) is 25.7. The zero-order valence-electron chi connectivity index (χ0n) is 21.5. The van der Waals surface area contributed by atoms with Crippen LogP contribution in [0.1, 0.15) is 33.7 Å². The van der Waals surface area contributed by atoms with Crippen molar-refractivity contribution in [3.63, 3.8) is 0 Å². The molecule has 0 bridgehead atoms. The number of anilines is 1. The van der Waals surface area contributed by atoms with Gasteiger partial charge in [0.15, 0.2) is 0 Å². The van der Waals surface area contributed by atoms with Crippen molar-refractivity contribution >= 4 is 17.5 Å². The lowest BCUT2D eigenvalue weighted by molar-refractivity contribution is -0.132. The first-order valence-corrected chi connectivity index (χ1v) is 12.3. The summed E-state index contributed by atoms with van der Waals surface area (Å²) < 4.78 is 11.0. The number of nitrogens with zero attached hydrogens (tertiary/aromatic N) is 3. The maximum Gasteiger partial charge on any atom is 0.238 e. The van der Waals surface area contributed by atoms with Crippen LogP contribution in [0, 0.1) is 27.7 Å². The molecule has 0 aliphatic carbocycles. The molecule has 2 heterocycles. The van der Waals surface area contributed by atoms with E-state index in [9.17, 15) is 9.59 Å². The van der Waals surface area contributed by atoms with E-state index in [1.165, 1.54) is 0 Å². The van der Waals surface area contributed by atoms with E-state index in [4.69, 9.17) is 9.26 Å². The summed E-state index contributed by atoms with van der Waals surface area (Å²) in [7, 11) is 0. The number of piperazine rings is 1. The maximum absolute atomic E-state index is 12.8. The first-order chi connectivity index (χ1) is 17.3. The Morgan fingerprint density at radius 2 is 1.72 bits per heavy atom. The predicted octanol–water partition coefficient (Wildman–Crippen LogP) is 3.81. The Kier molecular flexibility index (Phi) is 8.05. The number of hydrogen-bond donors (Lipinski definition) is 1. The summed E-state index contributed by atoms with van der Waals surface area (Å²) >= 11 is 0. The van der Waals surface area contributed by atoms with Crippen molar-refractivity contribution in [1.29, 1.82) is 0 Å². The summed E-state index contributed by atoms with van der Waals surface area (Å²) in [5.74, 6) is 1.56. The second-order valence-electron chi connectivity index (χ2n) is 9.36. The SMILES string of the molecule is Cc1cccc(NC(=O)CN2CCN(C(=O)Cc3ccc(OCc4c(C)noc4C)cc3)CC2)c1C. The van der Waals surface area contributed by atoms with E-state index in [2.05, 4.69) is 15.4 Å². The minimum Gasteiger partial charge on any atom is -0.489 e. The van der Waals surface area contributed by atoms with Crippen LogP contribution in [0.3, 0.4) is 0 Å². The third kappa shape index (κ3) is 6.31. The normalized spacial score (nSPS) is 14.1. The first-order valence-electron chi connectivity index (χ1n) is 12.3. The topological polar surface area (TPSA) is 87.9 Å². The van der Waals surface area contributed by atoms with Gasteiger partial charge in [-0.15, -0.1) is 0 Å². The lowest BCUT2D eigenvalue weighted by Gasteiger charge is -2.34. The summed E-state index contributed by atoms with van der Waals surface area (Å²) in [6.45, 7) is 11.1. The summed E-state index contributed by atoms with van der Waals surface area (Å²) in [6, 6.07) is 13.5. The number of benzene rings is 2. The molecule has 0 unspecified atom stereocenters. The lowest BCUT2D eigenvalue weighted by Crippen LogP contribution is -2.50. The molecule has 4 rings (SSSR count). The van der Waals surface area contributed by atoms with E-state index < -0.39 is 0 Å². The molecule has 0 radical (unpaired) electrons. The van der Waals surface area contributed by atoms with Gasteiger partial charge in [-0.05, 0) is 62.6 Å². The Bertz CT molecular complexity index is 1190. The quantitative estimate of drug-likeness (QED) is 0.517. The molecule has 2 amide bonds. The van der Waals surface area contributed by atoms with Crippen LogP contribution in [0.4, 0.5) is 5.69 Å². The van der Waals surface area contributed by atoms with Crippen molar-refractivity contribution in [2.75, 3.05) is 38.0 Å². The van der Waals surface area contributed by atoms with E-state index in [1.54, 1.807) is 0 Å². The average Bonchev–Trinajstić information content (AvgIpc) is 3.19. The number of amides is 2. The van der Waals surface area contributed by atoms with Crippen molar-refractivity contribution in [3.8, 4) is 5.75 Å². The van der Waals surface area contributed by atoms with E-state index in [1.807, 2.05) is 75.1 Å². The van der Waals surface area contributed by atoms with Crippen LogP contribution in [0.5, 0.6) is 5.75 Å².